The molecule has 2 aromatic heterocycles. The van der Waals surface area contributed by atoms with E-state index in [4.69, 9.17) is 0 Å². The number of aromatic nitrogens is 1. The Morgan fingerprint density at radius 1 is 1.23 bits per heavy atom. The van der Waals surface area contributed by atoms with E-state index in [2.05, 4.69) is 4.72 Å². The molecule has 8 heteroatoms. The van der Waals surface area contributed by atoms with E-state index in [1.54, 1.807) is 40.3 Å². The molecule has 0 aliphatic heterocycles. The van der Waals surface area contributed by atoms with Gasteiger partial charge < -0.3 is 0 Å². The number of thiazole rings is 1. The normalized spacial score (nSPS) is 12.1. The van der Waals surface area contributed by atoms with E-state index in [-0.39, 0.29) is 15.1 Å². The van der Waals surface area contributed by atoms with Crippen LogP contribution in [0.25, 0.3) is 10.2 Å². The van der Waals surface area contributed by atoms with E-state index in [0.717, 1.165) is 32.9 Å². The average molecular weight is 354 g/mol. The van der Waals surface area contributed by atoms with Gasteiger partial charge in [-0.3, -0.25) is 14.1 Å². The maximum absolute atomic E-state index is 12.3. The SMILES string of the molecule is CC(C)n1c(=O)sc2ccc(NS(=O)(=O)c3cccs3)cc21. The van der Waals surface area contributed by atoms with Gasteiger partial charge >= 0.3 is 4.87 Å². The van der Waals surface area contributed by atoms with Gasteiger partial charge in [-0.25, -0.2) is 8.42 Å². The van der Waals surface area contributed by atoms with Crippen LogP contribution in [0.5, 0.6) is 0 Å². The van der Waals surface area contributed by atoms with Crippen molar-refractivity contribution in [1.29, 1.82) is 0 Å². The number of nitrogens with zero attached hydrogens (tertiary/aromatic N) is 1. The number of fused-ring (bicyclic) bond motifs is 1. The largest absolute Gasteiger partial charge is 0.308 e. The summed E-state index contributed by atoms with van der Waals surface area (Å²) < 4.78 is 29.9. The predicted octanol–water partition coefficient (Wildman–Crippen LogP) is 3.51. The number of thiophene rings is 1. The first-order chi connectivity index (χ1) is 10.4. The summed E-state index contributed by atoms with van der Waals surface area (Å²) in [6, 6.07) is 8.42. The highest BCUT2D eigenvalue weighted by Gasteiger charge is 2.17. The lowest BCUT2D eigenvalue weighted by Gasteiger charge is -2.09. The quantitative estimate of drug-likeness (QED) is 0.779. The zero-order valence-corrected chi connectivity index (χ0v) is 14.4. The van der Waals surface area contributed by atoms with Crippen LogP contribution in [0, 0.1) is 0 Å². The number of anilines is 1. The van der Waals surface area contributed by atoms with Gasteiger partial charge in [0.15, 0.2) is 0 Å². The van der Waals surface area contributed by atoms with Gasteiger partial charge in [-0.15, -0.1) is 11.3 Å². The smallest absolute Gasteiger partial charge is 0.296 e. The van der Waals surface area contributed by atoms with Crippen LogP contribution in [-0.2, 0) is 10.0 Å². The van der Waals surface area contributed by atoms with Gasteiger partial charge in [-0.2, -0.15) is 0 Å². The van der Waals surface area contributed by atoms with Crippen LogP contribution in [0.3, 0.4) is 0 Å². The summed E-state index contributed by atoms with van der Waals surface area (Å²) in [6.45, 7) is 3.85. The first-order valence-electron chi connectivity index (χ1n) is 6.60. The van der Waals surface area contributed by atoms with E-state index >= 15 is 0 Å². The fraction of sp³-hybridized carbons (Fsp3) is 0.214. The van der Waals surface area contributed by atoms with Crippen molar-refractivity contribution < 1.29 is 8.42 Å². The van der Waals surface area contributed by atoms with Crippen LogP contribution in [-0.4, -0.2) is 13.0 Å². The van der Waals surface area contributed by atoms with Crippen LogP contribution in [0.2, 0.25) is 0 Å². The van der Waals surface area contributed by atoms with Crippen molar-refractivity contribution in [2.75, 3.05) is 4.72 Å². The van der Waals surface area contributed by atoms with Gasteiger partial charge in [-0.1, -0.05) is 17.4 Å². The Balaban J connectivity index is 2.06. The fourth-order valence-corrected chi connectivity index (χ4v) is 5.24. The van der Waals surface area contributed by atoms with E-state index < -0.39 is 10.0 Å². The third-order valence-corrected chi connectivity index (χ3v) is 6.86. The number of rotatable bonds is 4. The molecule has 0 spiro atoms. The third-order valence-electron chi connectivity index (χ3n) is 3.14. The summed E-state index contributed by atoms with van der Waals surface area (Å²) in [5.41, 5.74) is 1.20. The lowest BCUT2D eigenvalue weighted by Crippen LogP contribution is -2.15. The molecule has 0 atom stereocenters. The molecule has 0 bridgehead atoms. The molecule has 2 heterocycles. The molecule has 0 saturated heterocycles. The number of nitrogens with one attached hydrogen (secondary N) is 1. The van der Waals surface area contributed by atoms with Gasteiger partial charge in [0.1, 0.15) is 4.21 Å². The number of hydrogen-bond acceptors (Lipinski definition) is 5. The summed E-state index contributed by atoms with van der Waals surface area (Å²) >= 11 is 2.33. The molecule has 22 heavy (non-hydrogen) atoms. The van der Waals surface area contributed by atoms with Crippen molar-refractivity contribution in [3.63, 3.8) is 0 Å². The van der Waals surface area contributed by atoms with Crippen LogP contribution >= 0.6 is 22.7 Å². The average Bonchev–Trinajstić information content (AvgIpc) is 3.04. The standard InChI is InChI=1S/C14H14N2O3S3/c1-9(2)16-11-8-10(5-6-12(11)21-14(16)17)15-22(18,19)13-4-3-7-20-13/h3-9,15H,1-2H3. The van der Waals surface area contributed by atoms with Gasteiger partial charge in [0.25, 0.3) is 10.0 Å². The predicted molar refractivity (Wildman–Crippen MR) is 91.6 cm³/mol. The van der Waals surface area contributed by atoms with Crippen LogP contribution in [0.15, 0.2) is 44.7 Å². The Labute approximate surface area is 135 Å². The Morgan fingerprint density at radius 2 is 2.00 bits per heavy atom. The van der Waals surface area contributed by atoms with E-state index in [1.165, 1.54) is 0 Å². The molecule has 5 nitrogen and oxygen atoms in total. The highest BCUT2D eigenvalue weighted by molar-refractivity contribution is 7.94. The van der Waals surface area contributed by atoms with E-state index in [1.807, 2.05) is 13.8 Å². The van der Waals surface area contributed by atoms with E-state index in [0.29, 0.717) is 5.69 Å². The Hall–Kier alpha value is -1.64. The molecule has 1 aromatic carbocycles. The monoisotopic (exact) mass is 354 g/mol. The molecule has 0 aliphatic rings. The molecule has 0 aliphatic carbocycles. The van der Waals surface area contributed by atoms with Gasteiger partial charge in [-0.05, 0) is 43.5 Å². The lowest BCUT2D eigenvalue weighted by molar-refractivity contribution is 0.603. The molecule has 0 radical (unpaired) electrons. The highest BCUT2D eigenvalue weighted by atomic mass is 32.2. The molecule has 0 amide bonds. The number of hydrogen-bond donors (Lipinski definition) is 1. The highest BCUT2D eigenvalue weighted by Crippen LogP contribution is 2.26. The molecule has 1 N–H and O–H groups in total. The number of sulfonamides is 1. The zero-order chi connectivity index (χ0) is 15.9. The second kappa shape index (κ2) is 5.53. The van der Waals surface area contributed by atoms with Crippen molar-refractivity contribution in [3.05, 3.63) is 45.4 Å². The summed E-state index contributed by atoms with van der Waals surface area (Å²) in [4.78, 5) is 12.0. The van der Waals surface area contributed by atoms with Crippen molar-refractivity contribution in [2.24, 2.45) is 0 Å². The van der Waals surface area contributed by atoms with Crippen LogP contribution < -0.4 is 9.60 Å². The Morgan fingerprint density at radius 3 is 2.64 bits per heavy atom. The van der Waals surface area contributed by atoms with E-state index in [9.17, 15) is 13.2 Å². The molecule has 116 valence electrons. The molecule has 0 saturated carbocycles. The van der Waals surface area contributed by atoms with Crippen LogP contribution in [0.1, 0.15) is 19.9 Å². The van der Waals surface area contributed by atoms with Crippen molar-refractivity contribution in [3.8, 4) is 0 Å². The minimum Gasteiger partial charge on any atom is -0.296 e. The second-order valence-electron chi connectivity index (χ2n) is 5.05. The fourth-order valence-electron chi connectivity index (χ4n) is 2.21. The maximum Gasteiger partial charge on any atom is 0.308 e. The molecule has 3 rings (SSSR count). The van der Waals surface area contributed by atoms with Gasteiger partial charge in [0.05, 0.1) is 15.9 Å². The summed E-state index contributed by atoms with van der Waals surface area (Å²) in [5, 5.41) is 1.72. The first kappa shape index (κ1) is 15.3. The van der Waals surface area contributed by atoms with Gasteiger partial charge in [0.2, 0.25) is 0 Å². The topological polar surface area (TPSA) is 68.2 Å². The molecule has 3 aromatic rings. The summed E-state index contributed by atoms with van der Waals surface area (Å²) in [6.07, 6.45) is 0. The third kappa shape index (κ3) is 2.69. The summed E-state index contributed by atoms with van der Waals surface area (Å²) in [7, 11) is -3.58. The first-order valence-corrected chi connectivity index (χ1v) is 9.78. The minimum atomic E-state index is -3.58. The Kier molecular flexibility index (Phi) is 3.84. The molecule has 0 unspecified atom stereocenters. The molecular weight excluding hydrogens is 340 g/mol. The van der Waals surface area contributed by atoms with Crippen molar-refractivity contribution in [2.45, 2.75) is 24.1 Å². The van der Waals surface area contributed by atoms with Gasteiger partial charge in [0, 0.05) is 6.04 Å². The molecular formula is C14H14N2O3S3. The van der Waals surface area contributed by atoms with Crippen LogP contribution in [0.4, 0.5) is 5.69 Å². The van der Waals surface area contributed by atoms with Crippen molar-refractivity contribution >= 4 is 48.6 Å². The maximum atomic E-state index is 12.3. The lowest BCUT2D eigenvalue weighted by atomic mass is 10.3. The number of benzene rings is 1. The summed E-state index contributed by atoms with van der Waals surface area (Å²) in [5.74, 6) is 0. The Bertz CT molecular complexity index is 967. The zero-order valence-electron chi connectivity index (χ0n) is 11.9. The minimum absolute atomic E-state index is 0.0189. The van der Waals surface area contributed by atoms with Crippen molar-refractivity contribution in [1.82, 2.24) is 4.57 Å². The second-order valence-corrected chi connectivity index (χ2v) is 8.90. The molecule has 0 fully saturated rings.